The summed E-state index contributed by atoms with van der Waals surface area (Å²) in [6.07, 6.45) is 0.601. The van der Waals surface area contributed by atoms with E-state index in [0.717, 1.165) is 11.0 Å². The molecule has 1 saturated heterocycles. The Labute approximate surface area is 120 Å². The van der Waals surface area contributed by atoms with Crippen LogP contribution in [0.3, 0.4) is 0 Å². The smallest absolute Gasteiger partial charge is 0.399 e. The topological polar surface area (TPSA) is 38.7 Å². The molecule has 5 heteroatoms. The van der Waals surface area contributed by atoms with Crippen molar-refractivity contribution < 1.29 is 14.4 Å². The van der Waals surface area contributed by atoms with E-state index >= 15 is 0 Å². The SMILES string of the molecule is CC1(C)OB(c2cc(CCO)ccc2Cl)OC1(C)C. The third kappa shape index (κ3) is 2.82. The van der Waals surface area contributed by atoms with Crippen LogP contribution in [0.25, 0.3) is 0 Å². The van der Waals surface area contributed by atoms with E-state index in [2.05, 4.69) is 0 Å². The number of aliphatic hydroxyl groups excluding tert-OH is 1. The Hall–Kier alpha value is -0.545. The first-order chi connectivity index (χ1) is 8.77. The van der Waals surface area contributed by atoms with Gasteiger partial charge in [-0.15, -0.1) is 0 Å². The molecule has 1 N–H and O–H groups in total. The van der Waals surface area contributed by atoms with Crippen molar-refractivity contribution in [3.05, 3.63) is 28.8 Å². The lowest BCUT2D eigenvalue weighted by Gasteiger charge is -2.32. The van der Waals surface area contributed by atoms with Crippen molar-refractivity contribution in [2.24, 2.45) is 0 Å². The summed E-state index contributed by atoms with van der Waals surface area (Å²) in [5.41, 5.74) is 1.09. The Morgan fingerprint density at radius 3 is 2.26 bits per heavy atom. The van der Waals surface area contributed by atoms with Crippen LogP contribution in [0.5, 0.6) is 0 Å². The summed E-state index contributed by atoms with van der Waals surface area (Å²) < 4.78 is 12.0. The van der Waals surface area contributed by atoms with Gasteiger partial charge < -0.3 is 14.4 Å². The number of hydrogen-bond acceptors (Lipinski definition) is 3. The van der Waals surface area contributed by atoms with Crippen LogP contribution in [0, 0.1) is 0 Å². The predicted molar refractivity (Wildman–Crippen MR) is 78.0 cm³/mol. The van der Waals surface area contributed by atoms with E-state index in [4.69, 9.17) is 26.0 Å². The first-order valence-corrected chi connectivity index (χ1v) is 6.89. The highest BCUT2D eigenvalue weighted by atomic mass is 35.5. The number of aliphatic hydroxyl groups is 1. The molecular formula is C14H20BClO3. The van der Waals surface area contributed by atoms with Crippen LogP contribution in [0.15, 0.2) is 18.2 Å². The number of halogens is 1. The second kappa shape index (κ2) is 5.10. The van der Waals surface area contributed by atoms with Gasteiger partial charge in [-0.3, -0.25) is 0 Å². The molecule has 0 radical (unpaired) electrons. The standard InChI is InChI=1S/C14H20BClO3/c1-13(2)14(3,4)19-15(18-13)11-9-10(7-8-17)5-6-12(11)16/h5-6,9,17H,7-8H2,1-4H3. The van der Waals surface area contributed by atoms with E-state index in [1.165, 1.54) is 0 Å². The van der Waals surface area contributed by atoms with Gasteiger partial charge in [0.25, 0.3) is 0 Å². The molecule has 2 rings (SSSR count). The molecule has 0 amide bonds. The molecule has 1 aliphatic heterocycles. The van der Waals surface area contributed by atoms with Crippen molar-refractivity contribution in [3.8, 4) is 0 Å². The minimum absolute atomic E-state index is 0.116. The van der Waals surface area contributed by atoms with Gasteiger partial charge in [-0.2, -0.15) is 0 Å². The molecule has 1 aromatic rings. The lowest BCUT2D eigenvalue weighted by Crippen LogP contribution is -2.41. The fourth-order valence-corrected chi connectivity index (χ4v) is 2.24. The van der Waals surface area contributed by atoms with Gasteiger partial charge in [-0.05, 0) is 45.7 Å². The average Bonchev–Trinajstić information content (AvgIpc) is 2.51. The van der Waals surface area contributed by atoms with Gasteiger partial charge >= 0.3 is 7.12 Å². The molecule has 0 aromatic heterocycles. The molecule has 1 aromatic carbocycles. The maximum Gasteiger partial charge on any atom is 0.496 e. The zero-order chi connectivity index (χ0) is 14.3. The van der Waals surface area contributed by atoms with E-state index in [1.807, 2.05) is 45.9 Å². The lowest BCUT2D eigenvalue weighted by atomic mass is 9.78. The summed E-state index contributed by atoms with van der Waals surface area (Å²) in [6.45, 7) is 8.17. The maximum atomic E-state index is 9.02. The van der Waals surface area contributed by atoms with Crippen LogP contribution in [0.1, 0.15) is 33.3 Å². The second-order valence-corrected chi connectivity index (χ2v) is 6.32. The molecule has 0 saturated carbocycles. The van der Waals surface area contributed by atoms with Gasteiger partial charge in [0, 0.05) is 17.1 Å². The Morgan fingerprint density at radius 1 is 1.16 bits per heavy atom. The molecule has 3 nitrogen and oxygen atoms in total. The minimum Gasteiger partial charge on any atom is -0.399 e. The van der Waals surface area contributed by atoms with E-state index in [-0.39, 0.29) is 17.8 Å². The van der Waals surface area contributed by atoms with Gasteiger partial charge in [0.15, 0.2) is 0 Å². The van der Waals surface area contributed by atoms with Gasteiger partial charge in [0.05, 0.1) is 11.2 Å². The fourth-order valence-electron chi connectivity index (χ4n) is 2.03. The average molecular weight is 283 g/mol. The number of benzene rings is 1. The van der Waals surface area contributed by atoms with Crippen LogP contribution in [0.2, 0.25) is 5.02 Å². The first-order valence-electron chi connectivity index (χ1n) is 6.52. The molecule has 0 unspecified atom stereocenters. The van der Waals surface area contributed by atoms with Gasteiger partial charge in [-0.1, -0.05) is 23.7 Å². The van der Waals surface area contributed by atoms with Crippen LogP contribution >= 0.6 is 11.6 Å². The number of rotatable bonds is 3. The molecule has 1 heterocycles. The summed E-state index contributed by atoms with van der Waals surface area (Å²) in [4.78, 5) is 0. The van der Waals surface area contributed by atoms with E-state index in [0.29, 0.717) is 11.4 Å². The van der Waals surface area contributed by atoms with Crippen molar-refractivity contribution in [2.75, 3.05) is 6.61 Å². The highest BCUT2D eigenvalue weighted by molar-refractivity contribution is 6.65. The fraction of sp³-hybridized carbons (Fsp3) is 0.571. The Bertz CT molecular complexity index is 458. The number of hydrogen-bond donors (Lipinski definition) is 1. The van der Waals surface area contributed by atoms with E-state index < -0.39 is 7.12 Å². The predicted octanol–water partition coefficient (Wildman–Crippen LogP) is 2.17. The highest BCUT2D eigenvalue weighted by Crippen LogP contribution is 2.37. The molecule has 1 fully saturated rings. The third-order valence-electron chi connectivity index (χ3n) is 3.97. The van der Waals surface area contributed by atoms with Crippen molar-refractivity contribution >= 4 is 24.2 Å². The van der Waals surface area contributed by atoms with Gasteiger partial charge in [0.2, 0.25) is 0 Å². The van der Waals surface area contributed by atoms with Crippen LogP contribution in [-0.2, 0) is 15.7 Å². The molecule has 0 bridgehead atoms. The molecule has 0 atom stereocenters. The molecule has 1 aliphatic rings. The van der Waals surface area contributed by atoms with Gasteiger partial charge in [0.1, 0.15) is 0 Å². The molecule has 0 spiro atoms. The summed E-state index contributed by atoms with van der Waals surface area (Å²) in [6, 6.07) is 5.68. The van der Waals surface area contributed by atoms with Crippen LogP contribution in [0.4, 0.5) is 0 Å². The molecule has 0 aliphatic carbocycles. The minimum atomic E-state index is -0.462. The zero-order valence-corrected chi connectivity index (χ0v) is 12.6. The summed E-state index contributed by atoms with van der Waals surface area (Å²) in [5, 5.41) is 9.64. The van der Waals surface area contributed by atoms with Crippen molar-refractivity contribution in [2.45, 2.75) is 45.3 Å². The van der Waals surface area contributed by atoms with E-state index in [9.17, 15) is 0 Å². The summed E-state index contributed by atoms with van der Waals surface area (Å²) >= 11 is 6.24. The Balaban J connectivity index is 2.31. The summed E-state index contributed by atoms with van der Waals surface area (Å²) in [7, 11) is -0.462. The molecular weight excluding hydrogens is 262 g/mol. The quantitative estimate of drug-likeness (QED) is 0.864. The highest BCUT2D eigenvalue weighted by Gasteiger charge is 2.52. The summed E-state index contributed by atoms with van der Waals surface area (Å²) in [5.74, 6) is 0. The second-order valence-electron chi connectivity index (χ2n) is 5.92. The monoisotopic (exact) mass is 282 g/mol. The van der Waals surface area contributed by atoms with Crippen molar-refractivity contribution in [1.82, 2.24) is 0 Å². The first kappa shape index (κ1) is 14.9. The van der Waals surface area contributed by atoms with Crippen LogP contribution in [-0.4, -0.2) is 30.0 Å². The van der Waals surface area contributed by atoms with Crippen molar-refractivity contribution in [1.29, 1.82) is 0 Å². The lowest BCUT2D eigenvalue weighted by molar-refractivity contribution is 0.00578. The zero-order valence-electron chi connectivity index (χ0n) is 11.9. The van der Waals surface area contributed by atoms with E-state index in [1.54, 1.807) is 0 Å². The maximum absolute atomic E-state index is 9.02. The van der Waals surface area contributed by atoms with Gasteiger partial charge in [-0.25, -0.2) is 0 Å². The van der Waals surface area contributed by atoms with Crippen LogP contribution < -0.4 is 5.46 Å². The van der Waals surface area contributed by atoms with Crippen molar-refractivity contribution in [3.63, 3.8) is 0 Å². The third-order valence-corrected chi connectivity index (χ3v) is 4.31. The largest absolute Gasteiger partial charge is 0.496 e. The Morgan fingerprint density at radius 2 is 1.74 bits per heavy atom. The molecule has 19 heavy (non-hydrogen) atoms. The molecule has 104 valence electrons. The Kier molecular flexibility index (Phi) is 3.98. The normalized spacial score (nSPS) is 20.8.